The average molecular weight is 280 g/mol. The molecule has 6 heteroatoms. The number of hydrazine groups is 1. The molecule has 2 aromatic heterocycles. The number of nitrogen functional groups attached to an aromatic ring is 1. The minimum atomic E-state index is 0.543. The zero-order valence-corrected chi connectivity index (χ0v) is 12.1. The summed E-state index contributed by atoms with van der Waals surface area (Å²) in [6.45, 7) is 6.76. The molecule has 0 bridgehead atoms. The minimum absolute atomic E-state index is 0.543. The molecule has 0 saturated carbocycles. The fourth-order valence-corrected chi connectivity index (χ4v) is 2.38. The molecule has 0 aromatic carbocycles. The summed E-state index contributed by atoms with van der Waals surface area (Å²) in [5.74, 6) is 5.96. The second kappa shape index (κ2) is 5.59. The van der Waals surface area contributed by atoms with Crippen LogP contribution >= 0.6 is 11.6 Å². The van der Waals surface area contributed by atoms with E-state index in [0.29, 0.717) is 17.4 Å². The van der Waals surface area contributed by atoms with Gasteiger partial charge in [0.1, 0.15) is 5.82 Å². The van der Waals surface area contributed by atoms with Gasteiger partial charge >= 0.3 is 0 Å². The number of hydrogen-bond donors (Lipinski definition) is 2. The molecule has 2 rings (SSSR count). The molecule has 0 aliphatic heterocycles. The van der Waals surface area contributed by atoms with Gasteiger partial charge in [-0.15, -0.1) is 0 Å². The van der Waals surface area contributed by atoms with E-state index in [1.807, 2.05) is 11.6 Å². The normalized spacial score (nSPS) is 10.8. The van der Waals surface area contributed by atoms with E-state index in [0.717, 1.165) is 23.5 Å². The van der Waals surface area contributed by atoms with Gasteiger partial charge in [-0.25, -0.2) is 10.8 Å². The maximum absolute atomic E-state index is 6.16. The lowest BCUT2D eigenvalue weighted by Gasteiger charge is -2.08. The van der Waals surface area contributed by atoms with Gasteiger partial charge in [-0.05, 0) is 38.0 Å². The van der Waals surface area contributed by atoms with Gasteiger partial charge in [-0.1, -0.05) is 18.5 Å². The lowest BCUT2D eigenvalue weighted by molar-refractivity contribution is 0.646. The van der Waals surface area contributed by atoms with Crippen molar-refractivity contribution in [2.45, 2.75) is 33.7 Å². The quantitative estimate of drug-likeness (QED) is 0.666. The first-order valence-corrected chi connectivity index (χ1v) is 6.59. The summed E-state index contributed by atoms with van der Waals surface area (Å²) in [6, 6.07) is 3.52. The first-order chi connectivity index (χ1) is 9.06. The van der Waals surface area contributed by atoms with Gasteiger partial charge in [-0.2, -0.15) is 5.10 Å². The standard InChI is InChI=1S/C13H18ClN5/c1-4-10-8(2)18-19(9(10)3)7-12-11(14)5-6-13(16-12)17-15/h5-6H,4,7,15H2,1-3H3,(H,16,17). The predicted octanol–water partition coefficient (Wildman–Crippen LogP) is 2.44. The fourth-order valence-electron chi connectivity index (χ4n) is 2.22. The van der Waals surface area contributed by atoms with E-state index < -0.39 is 0 Å². The molecular weight excluding hydrogens is 262 g/mol. The first-order valence-electron chi connectivity index (χ1n) is 6.21. The van der Waals surface area contributed by atoms with E-state index in [1.54, 1.807) is 12.1 Å². The van der Waals surface area contributed by atoms with Gasteiger partial charge in [-0.3, -0.25) is 4.68 Å². The molecule has 3 N–H and O–H groups in total. The molecule has 0 atom stereocenters. The summed E-state index contributed by atoms with van der Waals surface area (Å²) in [6.07, 6.45) is 0.975. The molecule has 0 amide bonds. The molecule has 0 aliphatic rings. The molecule has 0 radical (unpaired) electrons. The van der Waals surface area contributed by atoms with E-state index in [-0.39, 0.29) is 0 Å². The Labute approximate surface area is 117 Å². The summed E-state index contributed by atoms with van der Waals surface area (Å²) in [5, 5.41) is 5.15. The molecule has 2 aromatic rings. The highest BCUT2D eigenvalue weighted by molar-refractivity contribution is 6.31. The first kappa shape index (κ1) is 13.8. The predicted molar refractivity (Wildman–Crippen MR) is 77.2 cm³/mol. The average Bonchev–Trinajstić information content (AvgIpc) is 2.66. The van der Waals surface area contributed by atoms with Gasteiger partial charge < -0.3 is 5.43 Å². The van der Waals surface area contributed by atoms with Crippen molar-refractivity contribution < 1.29 is 0 Å². The number of pyridine rings is 1. The Balaban J connectivity index is 2.36. The van der Waals surface area contributed by atoms with Crippen molar-refractivity contribution in [1.82, 2.24) is 14.8 Å². The van der Waals surface area contributed by atoms with Crippen LogP contribution < -0.4 is 11.3 Å². The summed E-state index contributed by atoms with van der Waals surface area (Å²) >= 11 is 6.16. The highest BCUT2D eigenvalue weighted by atomic mass is 35.5. The highest BCUT2D eigenvalue weighted by Gasteiger charge is 2.12. The minimum Gasteiger partial charge on any atom is -0.308 e. The Morgan fingerprint density at radius 2 is 2.11 bits per heavy atom. The zero-order valence-electron chi connectivity index (χ0n) is 11.4. The van der Waals surface area contributed by atoms with Crippen LogP contribution in [0, 0.1) is 13.8 Å². The SMILES string of the molecule is CCc1c(C)nn(Cc2nc(NN)ccc2Cl)c1C. The Bertz CT molecular complexity index is 591. The van der Waals surface area contributed by atoms with Crippen LogP contribution in [-0.4, -0.2) is 14.8 Å². The summed E-state index contributed by atoms with van der Waals surface area (Å²) in [5.41, 5.74) is 6.78. The van der Waals surface area contributed by atoms with Crippen molar-refractivity contribution in [2.75, 3.05) is 5.43 Å². The fraction of sp³-hybridized carbons (Fsp3) is 0.385. The number of aromatic nitrogens is 3. The second-order valence-electron chi connectivity index (χ2n) is 4.43. The maximum Gasteiger partial charge on any atom is 0.140 e. The van der Waals surface area contributed by atoms with E-state index in [4.69, 9.17) is 17.4 Å². The maximum atomic E-state index is 6.16. The number of rotatable bonds is 4. The van der Waals surface area contributed by atoms with E-state index in [9.17, 15) is 0 Å². The number of nitrogens with two attached hydrogens (primary N) is 1. The van der Waals surface area contributed by atoms with Crippen LogP contribution in [0.3, 0.4) is 0 Å². The lowest BCUT2D eigenvalue weighted by Crippen LogP contribution is -2.12. The molecule has 102 valence electrons. The molecule has 5 nitrogen and oxygen atoms in total. The molecule has 0 saturated heterocycles. The molecule has 0 aliphatic carbocycles. The van der Waals surface area contributed by atoms with Crippen LogP contribution in [0.1, 0.15) is 29.6 Å². The molecule has 19 heavy (non-hydrogen) atoms. The van der Waals surface area contributed by atoms with E-state index in [2.05, 4.69) is 29.4 Å². The number of aryl methyl sites for hydroxylation is 1. The topological polar surface area (TPSA) is 68.8 Å². The zero-order chi connectivity index (χ0) is 14.0. The highest BCUT2D eigenvalue weighted by Crippen LogP contribution is 2.20. The van der Waals surface area contributed by atoms with Gasteiger partial charge in [0.15, 0.2) is 0 Å². The van der Waals surface area contributed by atoms with E-state index >= 15 is 0 Å². The van der Waals surface area contributed by atoms with Crippen LogP contribution in [0.25, 0.3) is 0 Å². The smallest absolute Gasteiger partial charge is 0.140 e. The largest absolute Gasteiger partial charge is 0.308 e. The Morgan fingerprint density at radius 3 is 2.68 bits per heavy atom. The van der Waals surface area contributed by atoms with Crippen molar-refractivity contribution in [2.24, 2.45) is 5.84 Å². The number of anilines is 1. The molecule has 0 fully saturated rings. The van der Waals surface area contributed by atoms with Crippen molar-refractivity contribution >= 4 is 17.4 Å². The van der Waals surface area contributed by atoms with Crippen LogP contribution in [0.5, 0.6) is 0 Å². The third-order valence-electron chi connectivity index (χ3n) is 3.25. The van der Waals surface area contributed by atoms with Gasteiger partial charge in [0.05, 0.1) is 23.0 Å². The second-order valence-corrected chi connectivity index (χ2v) is 4.84. The van der Waals surface area contributed by atoms with Crippen LogP contribution in [-0.2, 0) is 13.0 Å². The monoisotopic (exact) mass is 279 g/mol. The molecular formula is C13H18ClN5. The van der Waals surface area contributed by atoms with Crippen molar-refractivity contribution in [3.05, 3.63) is 39.8 Å². The number of nitrogens with zero attached hydrogens (tertiary/aromatic N) is 3. The lowest BCUT2D eigenvalue weighted by atomic mass is 10.1. The molecule has 2 heterocycles. The van der Waals surface area contributed by atoms with Crippen molar-refractivity contribution in [1.29, 1.82) is 0 Å². The number of halogens is 1. The van der Waals surface area contributed by atoms with Crippen LogP contribution in [0.4, 0.5) is 5.82 Å². The Hall–Kier alpha value is -1.59. The van der Waals surface area contributed by atoms with Crippen LogP contribution in [0.15, 0.2) is 12.1 Å². The van der Waals surface area contributed by atoms with Gasteiger partial charge in [0, 0.05) is 5.69 Å². The summed E-state index contributed by atoms with van der Waals surface area (Å²) < 4.78 is 1.93. The summed E-state index contributed by atoms with van der Waals surface area (Å²) in [7, 11) is 0. The number of nitrogens with one attached hydrogen (secondary N) is 1. The third-order valence-corrected chi connectivity index (χ3v) is 3.60. The summed E-state index contributed by atoms with van der Waals surface area (Å²) in [4.78, 5) is 4.36. The van der Waals surface area contributed by atoms with E-state index in [1.165, 1.54) is 5.56 Å². The third kappa shape index (κ3) is 2.72. The van der Waals surface area contributed by atoms with Crippen molar-refractivity contribution in [3.8, 4) is 0 Å². The molecule has 0 unspecified atom stereocenters. The van der Waals surface area contributed by atoms with Gasteiger partial charge in [0.2, 0.25) is 0 Å². The Kier molecular flexibility index (Phi) is 4.07. The van der Waals surface area contributed by atoms with Gasteiger partial charge in [0.25, 0.3) is 0 Å². The Morgan fingerprint density at radius 1 is 1.37 bits per heavy atom. The van der Waals surface area contributed by atoms with Crippen molar-refractivity contribution in [3.63, 3.8) is 0 Å². The van der Waals surface area contributed by atoms with Crippen LogP contribution in [0.2, 0.25) is 5.02 Å². The molecule has 0 spiro atoms. The number of hydrogen-bond acceptors (Lipinski definition) is 4.